The molecular formula is C11H18ClN3O2S. The van der Waals surface area contributed by atoms with Gasteiger partial charge < -0.3 is 0 Å². The summed E-state index contributed by atoms with van der Waals surface area (Å²) in [6.45, 7) is 1.16. The van der Waals surface area contributed by atoms with Gasteiger partial charge in [0.15, 0.2) is 5.03 Å². The fourth-order valence-corrected chi connectivity index (χ4v) is 4.35. The predicted molar refractivity (Wildman–Crippen MR) is 70.0 cm³/mol. The quantitative estimate of drug-likeness (QED) is 0.789. The van der Waals surface area contributed by atoms with Crippen molar-refractivity contribution >= 4 is 21.6 Å². The molecule has 7 heteroatoms. The molecule has 1 saturated heterocycles. The van der Waals surface area contributed by atoms with Crippen LogP contribution in [0.4, 0.5) is 0 Å². The molecule has 0 aliphatic carbocycles. The maximum absolute atomic E-state index is 12.5. The van der Waals surface area contributed by atoms with Crippen LogP contribution >= 0.6 is 11.6 Å². The van der Waals surface area contributed by atoms with E-state index < -0.39 is 10.0 Å². The third-order valence-electron chi connectivity index (χ3n) is 3.38. The maximum Gasteiger partial charge on any atom is 0.260 e. The van der Waals surface area contributed by atoms with Gasteiger partial charge in [0.1, 0.15) is 0 Å². The lowest BCUT2D eigenvalue weighted by molar-refractivity contribution is 0.261. The highest BCUT2D eigenvalue weighted by Gasteiger charge is 2.31. The summed E-state index contributed by atoms with van der Waals surface area (Å²) in [5.74, 6) is 0.962. The molecule has 1 atom stereocenters. The zero-order valence-corrected chi connectivity index (χ0v) is 12.0. The lowest BCUT2D eigenvalue weighted by Gasteiger charge is -2.31. The monoisotopic (exact) mass is 291 g/mol. The molecule has 0 spiro atoms. The van der Waals surface area contributed by atoms with Gasteiger partial charge in [0.2, 0.25) is 0 Å². The Bertz CT molecular complexity index is 498. The van der Waals surface area contributed by atoms with Crippen LogP contribution in [0.3, 0.4) is 0 Å². The van der Waals surface area contributed by atoms with Crippen LogP contribution in [0.15, 0.2) is 17.3 Å². The van der Waals surface area contributed by atoms with E-state index in [1.54, 1.807) is 17.4 Å². The van der Waals surface area contributed by atoms with Gasteiger partial charge in [-0.05, 0) is 31.2 Å². The summed E-state index contributed by atoms with van der Waals surface area (Å²) < 4.78 is 27.9. The first-order chi connectivity index (χ1) is 8.55. The summed E-state index contributed by atoms with van der Waals surface area (Å²) >= 11 is 5.74. The van der Waals surface area contributed by atoms with Gasteiger partial charge >= 0.3 is 0 Å². The summed E-state index contributed by atoms with van der Waals surface area (Å²) in [5.41, 5.74) is 0. The minimum absolute atomic E-state index is 0.258. The smallest absolute Gasteiger partial charge is 0.256 e. The van der Waals surface area contributed by atoms with E-state index in [2.05, 4.69) is 5.10 Å². The average molecular weight is 292 g/mol. The Morgan fingerprint density at radius 2 is 2.33 bits per heavy atom. The third-order valence-corrected chi connectivity index (χ3v) is 5.54. The van der Waals surface area contributed by atoms with Gasteiger partial charge in [0.25, 0.3) is 10.0 Å². The predicted octanol–water partition coefficient (Wildman–Crippen LogP) is 1.45. The Balaban J connectivity index is 2.18. The first-order valence-corrected chi connectivity index (χ1v) is 8.07. The minimum Gasteiger partial charge on any atom is -0.256 e. The van der Waals surface area contributed by atoms with Crippen LogP contribution in [0.1, 0.15) is 19.3 Å². The summed E-state index contributed by atoms with van der Waals surface area (Å²) in [7, 11) is -1.76. The number of hydrogen-bond acceptors (Lipinski definition) is 3. The minimum atomic E-state index is -3.41. The Morgan fingerprint density at radius 3 is 2.94 bits per heavy atom. The molecule has 0 aromatic carbocycles. The molecule has 0 bridgehead atoms. The molecule has 2 rings (SSSR count). The molecule has 1 fully saturated rings. The summed E-state index contributed by atoms with van der Waals surface area (Å²) in [5, 5.41) is 4.18. The number of nitrogens with zero attached hydrogens (tertiary/aromatic N) is 3. The second-order valence-corrected chi connectivity index (χ2v) is 6.90. The van der Waals surface area contributed by atoms with Gasteiger partial charge in [0, 0.05) is 26.0 Å². The summed E-state index contributed by atoms with van der Waals surface area (Å²) in [6.07, 6.45) is 4.34. The van der Waals surface area contributed by atoms with Crippen molar-refractivity contribution in [2.45, 2.75) is 24.3 Å². The number of halogens is 1. The van der Waals surface area contributed by atoms with E-state index >= 15 is 0 Å². The zero-order valence-electron chi connectivity index (χ0n) is 10.4. The Kier molecular flexibility index (Phi) is 4.29. The zero-order chi connectivity index (χ0) is 13.2. The average Bonchev–Trinajstić information content (AvgIpc) is 2.77. The van der Waals surface area contributed by atoms with Gasteiger partial charge in [-0.1, -0.05) is 0 Å². The van der Waals surface area contributed by atoms with E-state index in [1.807, 2.05) is 0 Å². The molecule has 5 nitrogen and oxygen atoms in total. The van der Waals surface area contributed by atoms with Gasteiger partial charge in [-0.3, -0.25) is 4.68 Å². The second-order valence-electron chi connectivity index (χ2n) is 4.64. The first kappa shape index (κ1) is 13.8. The molecule has 2 heterocycles. The topological polar surface area (TPSA) is 55.2 Å². The highest BCUT2D eigenvalue weighted by molar-refractivity contribution is 7.89. The second kappa shape index (κ2) is 5.59. The van der Waals surface area contributed by atoms with Crippen molar-refractivity contribution in [2.75, 3.05) is 19.0 Å². The number of aromatic nitrogens is 2. The van der Waals surface area contributed by atoms with Crippen LogP contribution < -0.4 is 0 Å². The van der Waals surface area contributed by atoms with Crippen LogP contribution in [0.5, 0.6) is 0 Å². The molecule has 18 heavy (non-hydrogen) atoms. The molecule has 0 N–H and O–H groups in total. The molecular weight excluding hydrogens is 274 g/mol. The van der Waals surface area contributed by atoms with Crippen molar-refractivity contribution < 1.29 is 8.42 Å². The first-order valence-electron chi connectivity index (χ1n) is 6.10. The molecule has 102 valence electrons. The molecule has 0 radical (unpaired) electrons. The highest BCUT2D eigenvalue weighted by atomic mass is 35.5. The van der Waals surface area contributed by atoms with Crippen molar-refractivity contribution in [1.29, 1.82) is 0 Å². The third kappa shape index (κ3) is 2.70. The van der Waals surface area contributed by atoms with Crippen molar-refractivity contribution in [3.63, 3.8) is 0 Å². The van der Waals surface area contributed by atoms with Gasteiger partial charge in [0.05, 0.1) is 6.20 Å². The lowest BCUT2D eigenvalue weighted by atomic mass is 9.97. The van der Waals surface area contributed by atoms with E-state index in [-0.39, 0.29) is 5.03 Å². The number of rotatable bonds is 4. The lowest BCUT2D eigenvalue weighted by Crippen LogP contribution is -2.40. The summed E-state index contributed by atoms with van der Waals surface area (Å²) in [6, 6.07) is 1.54. The number of sulfonamides is 1. The molecule has 0 amide bonds. The van der Waals surface area contributed by atoms with Crippen LogP contribution in [-0.2, 0) is 17.1 Å². The van der Waals surface area contributed by atoms with E-state index in [1.165, 1.54) is 10.9 Å². The number of hydrogen-bond donors (Lipinski definition) is 0. The highest BCUT2D eigenvalue weighted by Crippen LogP contribution is 2.25. The van der Waals surface area contributed by atoms with Crippen molar-refractivity contribution in [1.82, 2.24) is 14.1 Å². The molecule has 1 aliphatic rings. The van der Waals surface area contributed by atoms with Gasteiger partial charge in [-0.15, -0.1) is 11.6 Å². The Labute approximate surface area is 113 Å². The van der Waals surface area contributed by atoms with Crippen molar-refractivity contribution in [3.8, 4) is 0 Å². The van der Waals surface area contributed by atoms with Crippen molar-refractivity contribution in [2.24, 2.45) is 13.0 Å². The standard InChI is InChI=1S/C11H18ClN3O2S/c1-14-11(5-7-13-14)18(16,17)15-8-2-3-10(9-15)4-6-12/h5,7,10H,2-4,6,8-9H2,1H3. The summed E-state index contributed by atoms with van der Waals surface area (Å²) in [4.78, 5) is 0. The molecule has 0 saturated carbocycles. The Hall–Kier alpha value is -0.590. The maximum atomic E-state index is 12.5. The van der Waals surface area contributed by atoms with E-state index in [0.29, 0.717) is 24.9 Å². The van der Waals surface area contributed by atoms with Crippen molar-refractivity contribution in [3.05, 3.63) is 12.3 Å². The van der Waals surface area contributed by atoms with E-state index in [9.17, 15) is 8.42 Å². The van der Waals surface area contributed by atoms with Crippen LogP contribution in [-0.4, -0.2) is 41.5 Å². The normalized spacial score (nSPS) is 22.2. The van der Waals surface area contributed by atoms with Crippen LogP contribution in [0.2, 0.25) is 0 Å². The van der Waals surface area contributed by atoms with E-state index in [4.69, 9.17) is 11.6 Å². The Morgan fingerprint density at radius 1 is 1.56 bits per heavy atom. The number of alkyl halides is 1. The molecule has 1 aromatic rings. The molecule has 1 unspecified atom stereocenters. The van der Waals surface area contributed by atoms with Crippen LogP contribution in [0.25, 0.3) is 0 Å². The fourth-order valence-electron chi connectivity index (χ4n) is 2.38. The molecule has 1 aromatic heterocycles. The van der Waals surface area contributed by atoms with Gasteiger partial charge in [-0.2, -0.15) is 9.40 Å². The van der Waals surface area contributed by atoms with Crippen LogP contribution in [0, 0.1) is 5.92 Å². The van der Waals surface area contributed by atoms with E-state index in [0.717, 1.165) is 19.3 Å². The fraction of sp³-hybridized carbons (Fsp3) is 0.727. The van der Waals surface area contributed by atoms with Gasteiger partial charge in [-0.25, -0.2) is 8.42 Å². The number of aryl methyl sites for hydroxylation is 1. The largest absolute Gasteiger partial charge is 0.260 e. The SMILES string of the molecule is Cn1nccc1S(=O)(=O)N1CCCC(CCCl)C1. The molecule has 1 aliphatic heterocycles. The number of piperidine rings is 1.